The molecule has 2 atom stereocenters. The first-order valence-electron chi connectivity index (χ1n) is 43.6. The first kappa shape index (κ1) is 94.2. The van der Waals surface area contributed by atoms with E-state index in [1.165, 1.54) is 442 Å². The number of quaternary nitrogens is 1. The fraction of sp³-hybridized carbons (Fsp3) is 1.00. The SMILES string of the molecule is CC(CC(C)(C)C)CP(=O)([O-])CC(C)CC(C)(C)C.CCCCCCCCCCCCCCCCCC[N+](CCCCCCCCCCCCCCCCCC)(CCCCCCCCCCCCCCCCCC)CCCCCCCCCCCCCCCCCC. The van der Waals surface area contributed by atoms with Crippen molar-refractivity contribution in [1.29, 1.82) is 0 Å². The molecule has 0 heterocycles. The second-order valence-electron chi connectivity index (χ2n) is 34.4. The van der Waals surface area contributed by atoms with Crippen LogP contribution in [0.25, 0.3) is 0 Å². The third-order valence-corrected chi connectivity index (χ3v) is 23.4. The summed E-state index contributed by atoms with van der Waals surface area (Å²) in [6.45, 7) is 32.4. The van der Waals surface area contributed by atoms with Gasteiger partial charge in [-0.15, -0.1) is 0 Å². The topological polar surface area (TPSA) is 40.1 Å². The predicted molar refractivity (Wildman–Crippen MR) is 422 cm³/mol. The van der Waals surface area contributed by atoms with Crippen LogP contribution >= 0.6 is 7.37 Å². The third kappa shape index (κ3) is 77.5. The van der Waals surface area contributed by atoms with Crippen molar-refractivity contribution in [3.8, 4) is 0 Å². The molecular formula is C88H182NO2P. The predicted octanol–water partition coefficient (Wildman–Crippen LogP) is 31.6. The molecule has 0 bridgehead atoms. The normalized spacial score (nSPS) is 13.6. The van der Waals surface area contributed by atoms with Gasteiger partial charge in [-0.3, -0.25) is 0 Å². The monoisotopic (exact) mass is 1320 g/mol. The Morgan fingerprint density at radius 2 is 0.359 bits per heavy atom. The molecule has 0 spiro atoms. The molecule has 0 aromatic carbocycles. The lowest BCUT2D eigenvalue weighted by Gasteiger charge is -2.40. The molecule has 0 fully saturated rings. The van der Waals surface area contributed by atoms with E-state index in [0.29, 0.717) is 12.3 Å². The molecule has 4 heteroatoms. The summed E-state index contributed by atoms with van der Waals surface area (Å²) in [6, 6.07) is 0. The summed E-state index contributed by atoms with van der Waals surface area (Å²) in [5.74, 6) is 0.510. The molecule has 0 saturated carbocycles. The Bertz CT molecular complexity index is 1250. The van der Waals surface area contributed by atoms with Crippen LogP contribution in [0, 0.1) is 22.7 Å². The van der Waals surface area contributed by atoms with Crippen LogP contribution in [0.4, 0.5) is 0 Å². The first-order chi connectivity index (χ1) is 44.4. The van der Waals surface area contributed by atoms with Crippen LogP contribution in [0.1, 0.15) is 507 Å². The number of rotatable bonds is 74. The lowest BCUT2D eigenvalue weighted by molar-refractivity contribution is -0.929. The van der Waals surface area contributed by atoms with Crippen LogP contribution < -0.4 is 4.89 Å². The minimum Gasteiger partial charge on any atom is -0.799 e. The third-order valence-electron chi connectivity index (χ3n) is 21.0. The van der Waals surface area contributed by atoms with Crippen LogP contribution in [0.5, 0.6) is 0 Å². The summed E-state index contributed by atoms with van der Waals surface area (Å²) < 4.78 is 13.7. The zero-order valence-corrected chi connectivity index (χ0v) is 67.7. The van der Waals surface area contributed by atoms with Crippen LogP contribution in [-0.2, 0) is 4.57 Å². The fourth-order valence-corrected chi connectivity index (χ4v) is 18.2. The summed E-state index contributed by atoms with van der Waals surface area (Å²) in [6.07, 6.45) is 97.3. The van der Waals surface area contributed by atoms with Crippen LogP contribution in [0.15, 0.2) is 0 Å². The maximum absolute atomic E-state index is 12.3. The summed E-state index contributed by atoms with van der Waals surface area (Å²) in [7, 11) is -3.23. The highest BCUT2D eigenvalue weighted by Gasteiger charge is 2.27. The Balaban J connectivity index is 0. The Morgan fingerprint density at radius 1 is 0.239 bits per heavy atom. The molecule has 0 amide bonds. The van der Waals surface area contributed by atoms with Gasteiger partial charge >= 0.3 is 0 Å². The van der Waals surface area contributed by atoms with Gasteiger partial charge in [-0.25, -0.2) is 0 Å². The second-order valence-corrected chi connectivity index (χ2v) is 36.7. The van der Waals surface area contributed by atoms with E-state index in [-0.39, 0.29) is 22.7 Å². The molecular weight excluding hydrogens is 1130 g/mol. The molecule has 556 valence electrons. The van der Waals surface area contributed by atoms with Crippen molar-refractivity contribution in [3.63, 3.8) is 0 Å². The average molecular weight is 1320 g/mol. The molecule has 0 aromatic rings. The molecule has 2 unspecified atom stereocenters. The molecule has 0 saturated heterocycles. The average Bonchev–Trinajstić information content (AvgIpc) is 2.33. The summed E-state index contributed by atoms with van der Waals surface area (Å²) >= 11 is 0. The first-order valence-corrected chi connectivity index (χ1v) is 45.6. The van der Waals surface area contributed by atoms with Crippen molar-refractivity contribution in [1.82, 2.24) is 0 Å². The van der Waals surface area contributed by atoms with Crippen molar-refractivity contribution in [3.05, 3.63) is 0 Å². The highest BCUT2D eigenvalue weighted by atomic mass is 31.2. The van der Waals surface area contributed by atoms with Crippen LogP contribution in [-0.4, -0.2) is 43.0 Å². The lowest BCUT2D eigenvalue weighted by Crippen LogP contribution is -2.50. The zero-order chi connectivity index (χ0) is 68.1. The van der Waals surface area contributed by atoms with Gasteiger partial charge in [0.15, 0.2) is 0 Å². The Hall–Kier alpha value is 0.150. The van der Waals surface area contributed by atoms with Gasteiger partial charge in [0.05, 0.1) is 26.2 Å². The highest BCUT2D eigenvalue weighted by molar-refractivity contribution is 7.56. The van der Waals surface area contributed by atoms with Gasteiger partial charge in [-0.1, -0.05) is 443 Å². The van der Waals surface area contributed by atoms with Crippen molar-refractivity contribution >= 4 is 7.37 Å². The smallest absolute Gasteiger partial charge is 0.0786 e. The van der Waals surface area contributed by atoms with E-state index in [4.69, 9.17) is 0 Å². The van der Waals surface area contributed by atoms with Crippen molar-refractivity contribution in [2.24, 2.45) is 22.7 Å². The van der Waals surface area contributed by atoms with E-state index in [0.717, 1.165) is 12.8 Å². The van der Waals surface area contributed by atoms with E-state index in [2.05, 4.69) is 83.1 Å². The molecule has 0 radical (unpaired) electrons. The van der Waals surface area contributed by atoms with Gasteiger partial charge in [-0.05, 0) is 99.2 Å². The summed E-state index contributed by atoms with van der Waals surface area (Å²) in [5, 5.41) is 0. The van der Waals surface area contributed by atoms with Crippen LogP contribution in [0.3, 0.4) is 0 Å². The molecule has 0 aromatic heterocycles. The van der Waals surface area contributed by atoms with Gasteiger partial charge in [0.25, 0.3) is 0 Å². The number of nitrogens with zero attached hydrogens (tertiary/aromatic N) is 1. The molecule has 92 heavy (non-hydrogen) atoms. The largest absolute Gasteiger partial charge is 0.799 e. The summed E-state index contributed by atoms with van der Waals surface area (Å²) in [5.41, 5.74) is 0.410. The van der Waals surface area contributed by atoms with Gasteiger partial charge < -0.3 is 13.9 Å². The second kappa shape index (κ2) is 71.0. The number of hydrogen-bond acceptors (Lipinski definition) is 2. The molecule has 0 rings (SSSR count). The van der Waals surface area contributed by atoms with E-state index >= 15 is 0 Å². The Labute approximate surface area is 586 Å². The summed E-state index contributed by atoms with van der Waals surface area (Å²) in [4.78, 5) is 12.3. The maximum Gasteiger partial charge on any atom is 0.0786 e. The van der Waals surface area contributed by atoms with Gasteiger partial charge in [0.2, 0.25) is 0 Å². The Morgan fingerprint density at radius 3 is 0.478 bits per heavy atom. The minimum atomic E-state index is -3.23. The van der Waals surface area contributed by atoms with E-state index < -0.39 is 7.37 Å². The number of hydrogen-bond donors (Lipinski definition) is 0. The van der Waals surface area contributed by atoms with Gasteiger partial charge in [0.1, 0.15) is 0 Å². The highest BCUT2D eigenvalue weighted by Crippen LogP contribution is 2.44. The van der Waals surface area contributed by atoms with Gasteiger partial charge in [-0.2, -0.15) is 0 Å². The lowest BCUT2D eigenvalue weighted by atomic mass is 9.86. The van der Waals surface area contributed by atoms with Crippen molar-refractivity contribution < 1.29 is 13.9 Å². The minimum absolute atomic E-state index is 0.205. The molecule has 0 N–H and O–H groups in total. The zero-order valence-electron chi connectivity index (χ0n) is 66.8. The molecule has 0 aliphatic rings. The fourth-order valence-electron chi connectivity index (χ4n) is 15.9. The maximum atomic E-state index is 12.3. The van der Waals surface area contributed by atoms with E-state index in [9.17, 15) is 9.46 Å². The van der Waals surface area contributed by atoms with Crippen LogP contribution in [0.2, 0.25) is 0 Å². The molecule has 0 aliphatic heterocycles. The number of unbranched alkanes of at least 4 members (excludes halogenated alkanes) is 60. The van der Waals surface area contributed by atoms with E-state index in [1.54, 1.807) is 0 Å². The van der Waals surface area contributed by atoms with Gasteiger partial charge in [0, 0.05) is 7.37 Å². The van der Waals surface area contributed by atoms with E-state index in [1.807, 2.05) is 0 Å². The standard InChI is InChI=1S/C72H148N.C16H35O2P/c1-5-9-13-17-21-25-29-33-37-41-45-49-53-57-61-65-69-73(70-66-62-58-54-50-46-42-38-34-30-26-22-18-14-10-6-2,71-67-63-59-55-51-47-43-39-35-31-27-23-19-15-11-7-3)72-68-64-60-56-52-48-44-40-36-32-28-24-20-16-12-8-4;1-13(9-15(3,4)5)11-19(17,18)12-14(2)10-16(6,7)8/h5-72H2,1-4H3;13-14H,9-12H2,1-8H3,(H,17,18)/q+1;/p-1. The molecule has 0 aliphatic carbocycles. The molecule has 3 nitrogen and oxygen atoms in total. The van der Waals surface area contributed by atoms with Crippen molar-refractivity contribution in [2.75, 3.05) is 38.5 Å². The quantitative estimate of drug-likeness (QED) is 0.0346. The Kier molecular flexibility index (Phi) is 72.7. The van der Waals surface area contributed by atoms with Crippen molar-refractivity contribution in [2.45, 2.75) is 507 Å².